The molecule has 25 heavy (non-hydrogen) atoms. The highest BCUT2D eigenvalue weighted by Gasteiger charge is 2.41. The summed E-state index contributed by atoms with van der Waals surface area (Å²) in [6.07, 6.45) is 5.14. The lowest BCUT2D eigenvalue weighted by Crippen LogP contribution is -2.56. The molecule has 1 aromatic heterocycles. The number of carbonyl (C=O) groups excluding carboxylic acids is 1. The first-order valence-corrected chi connectivity index (χ1v) is 9.09. The van der Waals surface area contributed by atoms with Gasteiger partial charge in [0.2, 0.25) is 12.2 Å². The third kappa shape index (κ3) is 3.73. The molecular formula is C19H30N2O4. The fraction of sp³-hybridized carbons (Fsp3) is 0.684. The molecule has 6 nitrogen and oxygen atoms in total. The summed E-state index contributed by atoms with van der Waals surface area (Å²) >= 11 is 0. The van der Waals surface area contributed by atoms with Gasteiger partial charge in [-0.25, -0.2) is 4.79 Å². The van der Waals surface area contributed by atoms with Gasteiger partial charge in [-0.15, -0.1) is 0 Å². The number of methoxy groups -OCH3 is 1. The van der Waals surface area contributed by atoms with E-state index in [1.807, 2.05) is 0 Å². The van der Waals surface area contributed by atoms with Crippen LogP contribution >= 0.6 is 0 Å². The van der Waals surface area contributed by atoms with Crippen LogP contribution < -0.4 is 10.9 Å². The zero-order chi connectivity index (χ0) is 18.2. The Morgan fingerprint density at radius 2 is 2.08 bits per heavy atom. The van der Waals surface area contributed by atoms with Crippen LogP contribution in [0.25, 0.3) is 0 Å². The lowest BCUT2D eigenvalue weighted by molar-refractivity contribution is -0.0420. The summed E-state index contributed by atoms with van der Waals surface area (Å²) in [5.41, 5.74) is 1.05. The molecule has 1 atom stereocenters. The summed E-state index contributed by atoms with van der Waals surface area (Å²) in [6, 6.07) is 1.65. The SMILES string of the molecule is COC1Nc2oc(=O)cc(CCCC(C)(C)C)c2C(=O)N1C1CCC1.[HH]. The number of anilines is 1. The van der Waals surface area contributed by atoms with Crippen molar-refractivity contribution in [3.8, 4) is 0 Å². The summed E-state index contributed by atoms with van der Waals surface area (Å²) < 4.78 is 10.7. The molecule has 2 heterocycles. The van der Waals surface area contributed by atoms with Crippen molar-refractivity contribution in [2.75, 3.05) is 12.4 Å². The number of nitrogens with one attached hydrogen (secondary N) is 1. The Hall–Kier alpha value is -1.82. The van der Waals surface area contributed by atoms with Crippen molar-refractivity contribution in [3.63, 3.8) is 0 Å². The van der Waals surface area contributed by atoms with Gasteiger partial charge in [-0.2, -0.15) is 0 Å². The van der Waals surface area contributed by atoms with Crippen LogP contribution in [-0.2, 0) is 11.2 Å². The molecule has 1 fully saturated rings. The second-order valence-electron chi connectivity index (χ2n) is 8.24. The maximum absolute atomic E-state index is 13.2. The number of amides is 1. The van der Waals surface area contributed by atoms with Crippen molar-refractivity contribution >= 4 is 11.8 Å². The van der Waals surface area contributed by atoms with Crippen LogP contribution in [0.1, 0.15) is 70.2 Å². The van der Waals surface area contributed by atoms with Crippen LogP contribution in [0.5, 0.6) is 0 Å². The number of carbonyl (C=O) groups is 1. The van der Waals surface area contributed by atoms with Gasteiger partial charge in [0.1, 0.15) is 5.56 Å². The lowest BCUT2D eigenvalue weighted by Gasteiger charge is -2.44. The normalized spacial score (nSPS) is 20.9. The van der Waals surface area contributed by atoms with Crippen LogP contribution in [0.4, 0.5) is 5.88 Å². The highest BCUT2D eigenvalue weighted by molar-refractivity contribution is 6.01. The van der Waals surface area contributed by atoms with E-state index in [9.17, 15) is 9.59 Å². The van der Waals surface area contributed by atoms with Crippen molar-refractivity contribution < 1.29 is 15.4 Å². The van der Waals surface area contributed by atoms with E-state index < -0.39 is 12.0 Å². The van der Waals surface area contributed by atoms with Crippen molar-refractivity contribution in [2.45, 2.75) is 71.7 Å². The second-order valence-corrected chi connectivity index (χ2v) is 8.24. The molecule has 1 unspecified atom stereocenters. The molecule has 0 radical (unpaired) electrons. The molecule has 3 rings (SSSR count). The highest BCUT2D eigenvalue weighted by atomic mass is 16.5. The molecule has 1 amide bonds. The highest BCUT2D eigenvalue weighted by Crippen LogP contribution is 2.35. The van der Waals surface area contributed by atoms with E-state index in [4.69, 9.17) is 9.15 Å². The fourth-order valence-corrected chi connectivity index (χ4v) is 3.50. The van der Waals surface area contributed by atoms with Crippen molar-refractivity contribution in [3.05, 3.63) is 27.6 Å². The summed E-state index contributed by atoms with van der Waals surface area (Å²) in [7, 11) is 1.55. The minimum absolute atomic E-state index is 0. The Morgan fingerprint density at radius 3 is 2.64 bits per heavy atom. The Kier molecular flexibility index (Phi) is 4.91. The molecule has 6 heteroatoms. The topological polar surface area (TPSA) is 71.8 Å². The van der Waals surface area contributed by atoms with Gasteiger partial charge in [-0.1, -0.05) is 20.8 Å². The zero-order valence-corrected chi connectivity index (χ0v) is 15.6. The van der Waals surface area contributed by atoms with Gasteiger partial charge in [-0.3, -0.25) is 9.69 Å². The molecule has 0 spiro atoms. The van der Waals surface area contributed by atoms with E-state index in [-0.39, 0.29) is 24.7 Å². The first kappa shape index (κ1) is 18.0. The van der Waals surface area contributed by atoms with Crippen LogP contribution in [0.15, 0.2) is 15.3 Å². The predicted octanol–water partition coefficient (Wildman–Crippen LogP) is 3.60. The van der Waals surface area contributed by atoms with Crippen LogP contribution in [0.2, 0.25) is 0 Å². The van der Waals surface area contributed by atoms with Crippen molar-refractivity contribution in [2.24, 2.45) is 5.41 Å². The maximum atomic E-state index is 13.2. The van der Waals surface area contributed by atoms with E-state index >= 15 is 0 Å². The molecule has 1 N–H and O–H groups in total. The number of fused-ring (bicyclic) bond motifs is 1. The molecule has 0 bridgehead atoms. The fourth-order valence-electron chi connectivity index (χ4n) is 3.50. The lowest BCUT2D eigenvalue weighted by atomic mass is 9.87. The Morgan fingerprint density at radius 1 is 1.36 bits per heavy atom. The minimum atomic E-state index is -0.585. The quantitative estimate of drug-likeness (QED) is 0.878. The third-order valence-electron chi connectivity index (χ3n) is 5.06. The second kappa shape index (κ2) is 6.83. The molecule has 1 aliphatic carbocycles. The molecule has 2 aliphatic rings. The van der Waals surface area contributed by atoms with Crippen LogP contribution in [0, 0.1) is 5.41 Å². The Bertz CT molecular complexity index is 706. The molecule has 0 aromatic carbocycles. The molecular weight excluding hydrogens is 320 g/mol. The van der Waals surface area contributed by atoms with Crippen LogP contribution in [-0.4, -0.2) is 30.3 Å². The maximum Gasteiger partial charge on any atom is 0.337 e. The average molecular weight is 350 g/mol. The largest absolute Gasteiger partial charge is 0.406 e. The molecule has 1 aliphatic heterocycles. The predicted molar refractivity (Wildman–Crippen MR) is 97.7 cm³/mol. The molecule has 1 aromatic rings. The third-order valence-corrected chi connectivity index (χ3v) is 5.06. The first-order valence-electron chi connectivity index (χ1n) is 9.09. The van der Waals surface area contributed by atoms with Crippen molar-refractivity contribution in [1.29, 1.82) is 0 Å². The summed E-state index contributed by atoms with van der Waals surface area (Å²) in [4.78, 5) is 26.9. The van der Waals surface area contributed by atoms with Gasteiger partial charge >= 0.3 is 5.63 Å². The van der Waals surface area contributed by atoms with E-state index in [0.29, 0.717) is 12.0 Å². The zero-order valence-electron chi connectivity index (χ0n) is 15.6. The Balaban J connectivity index is 0.00000243. The molecule has 140 valence electrons. The van der Waals surface area contributed by atoms with E-state index in [1.54, 1.807) is 12.0 Å². The first-order chi connectivity index (χ1) is 11.8. The summed E-state index contributed by atoms with van der Waals surface area (Å²) in [5.74, 6) is 0.144. The van der Waals surface area contributed by atoms with Gasteiger partial charge in [0, 0.05) is 20.6 Å². The summed E-state index contributed by atoms with van der Waals surface area (Å²) in [6.45, 7) is 6.57. The smallest absolute Gasteiger partial charge is 0.337 e. The minimum Gasteiger partial charge on any atom is -0.406 e. The monoisotopic (exact) mass is 350 g/mol. The molecule has 0 saturated heterocycles. The van der Waals surface area contributed by atoms with E-state index in [0.717, 1.165) is 37.7 Å². The van der Waals surface area contributed by atoms with Gasteiger partial charge in [-0.05, 0) is 49.5 Å². The number of hydrogen-bond donors (Lipinski definition) is 1. The Labute approximate surface area is 150 Å². The van der Waals surface area contributed by atoms with Gasteiger partial charge in [0.25, 0.3) is 5.91 Å². The number of nitrogens with zero attached hydrogens (tertiary/aromatic N) is 1. The molecule has 1 saturated carbocycles. The van der Waals surface area contributed by atoms with Gasteiger partial charge < -0.3 is 14.5 Å². The summed E-state index contributed by atoms with van der Waals surface area (Å²) in [5, 5.41) is 3.08. The van der Waals surface area contributed by atoms with Crippen LogP contribution in [0.3, 0.4) is 0 Å². The standard InChI is InChI=1S/C19H28N2O4.H2/c1-19(2,3)10-6-7-12-11-14(22)25-16-15(12)17(23)21(13-8-5-9-13)18(20-16)24-4;/h11,13,18,20H,5-10H2,1-4H3;1H. The number of ether oxygens (including phenoxy) is 1. The number of hydrogen-bond acceptors (Lipinski definition) is 5. The average Bonchev–Trinajstić information content (AvgIpc) is 2.46. The number of aryl methyl sites for hydroxylation is 1. The van der Waals surface area contributed by atoms with Crippen molar-refractivity contribution in [1.82, 2.24) is 4.90 Å². The number of rotatable bonds is 5. The van der Waals surface area contributed by atoms with Gasteiger partial charge in [0.05, 0.1) is 0 Å². The van der Waals surface area contributed by atoms with E-state index in [1.165, 1.54) is 6.07 Å². The van der Waals surface area contributed by atoms with E-state index in [2.05, 4.69) is 26.1 Å². The van der Waals surface area contributed by atoms with Gasteiger partial charge in [0.15, 0.2) is 0 Å².